The Morgan fingerprint density at radius 1 is 0.676 bits per heavy atom. The van der Waals surface area contributed by atoms with Crippen LogP contribution in [0.15, 0.2) is 72.8 Å². The molecule has 37 heavy (non-hydrogen) atoms. The van der Waals surface area contributed by atoms with Gasteiger partial charge in [-0.05, 0) is 45.5 Å². The third kappa shape index (κ3) is 6.40. The Kier molecular flexibility index (Phi) is 7.45. The molecule has 4 rings (SSSR count). The second kappa shape index (κ2) is 10.4. The summed E-state index contributed by atoms with van der Waals surface area (Å²) >= 11 is 0. The highest BCUT2D eigenvalue weighted by molar-refractivity contribution is 5.87. The van der Waals surface area contributed by atoms with Crippen LogP contribution in [0.3, 0.4) is 0 Å². The second-order valence-corrected chi connectivity index (χ2v) is 8.46. The first-order valence-corrected chi connectivity index (χ1v) is 11.3. The Bertz CT molecular complexity index is 1370. The van der Waals surface area contributed by atoms with Crippen LogP contribution in [0.5, 0.6) is 5.75 Å². The number of alkyl halides is 5. The molecule has 0 aliphatic rings. The van der Waals surface area contributed by atoms with Gasteiger partial charge in [-0.2, -0.15) is 8.78 Å². The fraction of sp³-hybridized carbons (Fsp3) is 0.214. The highest BCUT2D eigenvalue weighted by Gasteiger charge is 2.49. The molecule has 0 N–H and O–H groups in total. The van der Waals surface area contributed by atoms with Gasteiger partial charge in [-0.1, -0.05) is 67.9 Å². The van der Waals surface area contributed by atoms with Crippen LogP contribution in [0.1, 0.15) is 30.0 Å². The van der Waals surface area contributed by atoms with Crippen LogP contribution in [-0.2, 0) is 23.9 Å². The van der Waals surface area contributed by atoms with Crippen LogP contribution < -0.4 is 4.74 Å². The van der Waals surface area contributed by atoms with E-state index in [2.05, 4.69) is 42.0 Å². The average Bonchev–Trinajstić information content (AvgIpc) is 2.81. The lowest BCUT2D eigenvalue weighted by atomic mass is 9.98. The van der Waals surface area contributed by atoms with Gasteiger partial charge in [0.05, 0.1) is 0 Å². The first-order valence-electron chi connectivity index (χ1n) is 11.3. The molecule has 2 nitrogen and oxygen atoms in total. The van der Waals surface area contributed by atoms with Crippen molar-refractivity contribution in [2.75, 3.05) is 0 Å². The predicted octanol–water partition coefficient (Wildman–Crippen LogP) is 8.90. The lowest BCUT2D eigenvalue weighted by Gasteiger charge is -2.20. The zero-order chi connectivity index (χ0) is 26.8. The maximum atomic E-state index is 14.1. The van der Waals surface area contributed by atoms with Crippen molar-refractivity contribution in [2.24, 2.45) is 0 Å². The van der Waals surface area contributed by atoms with Crippen molar-refractivity contribution >= 4 is 10.8 Å². The number of halogens is 7. The van der Waals surface area contributed by atoms with E-state index in [1.165, 1.54) is 5.56 Å². The normalized spacial score (nSPS) is 12.2. The molecule has 0 bridgehead atoms. The number of hydrogen-bond donors (Lipinski definition) is 0. The first kappa shape index (κ1) is 26.5. The number of hydrogen-bond acceptors (Lipinski definition) is 2. The summed E-state index contributed by atoms with van der Waals surface area (Å²) in [4.78, 5) is 0. The largest absolute Gasteiger partial charge is 0.527 e. The fourth-order valence-electron chi connectivity index (χ4n) is 3.99. The molecule has 0 fully saturated rings. The van der Waals surface area contributed by atoms with Crippen molar-refractivity contribution in [2.45, 2.75) is 38.8 Å². The molecule has 4 aromatic rings. The van der Waals surface area contributed by atoms with E-state index in [0.29, 0.717) is 17.7 Å². The number of ether oxygens (including phenoxy) is 2. The monoisotopic (exact) mass is 522 g/mol. The Morgan fingerprint density at radius 3 is 1.86 bits per heavy atom. The van der Waals surface area contributed by atoms with Gasteiger partial charge < -0.3 is 4.74 Å². The van der Waals surface area contributed by atoms with Crippen molar-refractivity contribution in [1.29, 1.82) is 0 Å². The molecule has 0 radical (unpaired) electrons. The summed E-state index contributed by atoms with van der Waals surface area (Å²) in [6.45, 7) is 1.97. The molecule has 0 atom stereocenters. The zero-order valence-electron chi connectivity index (χ0n) is 19.5. The molecule has 0 saturated heterocycles. The van der Waals surface area contributed by atoms with E-state index in [0.717, 1.165) is 34.7 Å². The maximum Gasteiger partial charge on any atom is 0.527 e. The Hall–Kier alpha value is -3.59. The quantitative estimate of drug-likeness (QED) is 0.215. The number of benzene rings is 4. The van der Waals surface area contributed by atoms with E-state index < -0.39 is 35.4 Å². The van der Waals surface area contributed by atoms with E-state index in [9.17, 15) is 30.7 Å². The van der Waals surface area contributed by atoms with Gasteiger partial charge in [0, 0.05) is 12.1 Å². The van der Waals surface area contributed by atoms with E-state index in [-0.39, 0.29) is 6.61 Å². The van der Waals surface area contributed by atoms with E-state index >= 15 is 0 Å². The first-order chi connectivity index (χ1) is 17.4. The van der Waals surface area contributed by atoms with Crippen molar-refractivity contribution in [3.05, 3.63) is 101 Å². The van der Waals surface area contributed by atoms with Gasteiger partial charge in [-0.3, -0.25) is 0 Å². The zero-order valence-corrected chi connectivity index (χ0v) is 19.5. The molecular formula is C28H21F7O2. The minimum absolute atomic E-state index is 0.161. The van der Waals surface area contributed by atoms with Gasteiger partial charge in [0.2, 0.25) is 0 Å². The molecule has 0 unspecified atom stereocenters. The molecule has 0 spiro atoms. The van der Waals surface area contributed by atoms with Crippen LogP contribution in [-0.4, -0.2) is 6.36 Å². The second-order valence-electron chi connectivity index (χ2n) is 8.46. The Balaban J connectivity index is 1.45. The lowest BCUT2D eigenvalue weighted by Crippen LogP contribution is -2.29. The standard InChI is InChI=1S/C28H21F7O2/c1-2-3-17-4-9-22-13-21(11-10-20(22)12-17)19-7-5-18(6-8-19)16-36-23-14-24(29)26(25(30)15-23)27(31,32)37-28(33,34)35/h4-15H,2-3,16H2,1H3. The van der Waals surface area contributed by atoms with Crippen LogP contribution in [0.25, 0.3) is 21.9 Å². The summed E-state index contributed by atoms with van der Waals surface area (Å²) in [5.41, 5.74) is 1.66. The third-order valence-corrected chi connectivity index (χ3v) is 5.69. The van der Waals surface area contributed by atoms with Crippen molar-refractivity contribution in [3.63, 3.8) is 0 Å². The summed E-state index contributed by atoms with van der Waals surface area (Å²) in [5, 5.41) is 2.25. The summed E-state index contributed by atoms with van der Waals surface area (Å²) in [6.07, 6.45) is -8.96. The smallest absolute Gasteiger partial charge is 0.489 e. The number of fused-ring (bicyclic) bond motifs is 1. The number of aryl methyl sites for hydroxylation is 1. The van der Waals surface area contributed by atoms with Crippen LogP contribution >= 0.6 is 0 Å². The Morgan fingerprint density at radius 2 is 1.24 bits per heavy atom. The molecule has 0 aliphatic heterocycles. The molecule has 194 valence electrons. The van der Waals surface area contributed by atoms with Gasteiger partial charge in [-0.25, -0.2) is 13.5 Å². The predicted molar refractivity (Wildman–Crippen MR) is 125 cm³/mol. The molecule has 4 aromatic carbocycles. The van der Waals surface area contributed by atoms with Gasteiger partial charge in [-0.15, -0.1) is 13.2 Å². The van der Waals surface area contributed by atoms with Crippen molar-refractivity contribution in [1.82, 2.24) is 0 Å². The average molecular weight is 522 g/mol. The summed E-state index contributed by atoms with van der Waals surface area (Å²) < 4.78 is 99.7. The van der Waals surface area contributed by atoms with Crippen LogP contribution in [0, 0.1) is 11.6 Å². The molecule has 0 heterocycles. The van der Waals surface area contributed by atoms with Gasteiger partial charge in [0.1, 0.15) is 29.6 Å². The SMILES string of the molecule is CCCc1ccc2cc(-c3ccc(COc4cc(F)c(C(F)(F)OC(F)(F)F)c(F)c4)cc3)ccc2c1. The highest BCUT2D eigenvalue weighted by atomic mass is 19.4. The molecule has 0 aliphatic carbocycles. The summed E-state index contributed by atoms with van der Waals surface area (Å²) in [7, 11) is 0. The molecule has 9 heteroatoms. The van der Waals surface area contributed by atoms with Crippen molar-refractivity contribution < 1.29 is 40.2 Å². The highest BCUT2D eigenvalue weighted by Crippen LogP contribution is 2.40. The molecule has 0 aromatic heterocycles. The molecule has 0 amide bonds. The summed E-state index contributed by atoms with van der Waals surface area (Å²) in [5.74, 6) is -4.34. The molecular weight excluding hydrogens is 501 g/mol. The van der Waals surface area contributed by atoms with E-state index in [4.69, 9.17) is 4.74 Å². The van der Waals surface area contributed by atoms with Gasteiger partial charge in [0.25, 0.3) is 0 Å². The van der Waals surface area contributed by atoms with E-state index in [1.807, 2.05) is 18.2 Å². The fourth-order valence-corrected chi connectivity index (χ4v) is 3.99. The number of rotatable bonds is 8. The minimum Gasteiger partial charge on any atom is -0.489 e. The third-order valence-electron chi connectivity index (χ3n) is 5.69. The lowest BCUT2D eigenvalue weighted by molar-refractivity contribution is -0.432. The van der Waals surface area contributed by atoms with Crippen LogP contribution in [0.4, 0.5) is 30.7 Å². The maximum absolute atomic E-state index is 14.1. The minimum atomic E-state index is -5.80. The molecule has 0 saturated carbocycles. The topological polar surface area (TPSA) is 18.5 Å². The van der Waals surface area contributed by atoms with Gasteiger partial charge >= 0.3 is 12.5 Å². The van der Waals surface area contributed by atoms with Crippen LogP contribution in [0.2, 0.25) is 0 Å². The van der Waals surface area contributed by atoms with E-state index in [1.54, 1.807) is 12.1 Å². The van der Waals surface area contributed by atoms with Gasteiger partial charge in [0.15, 0.2) is 0 Å². The Labute approximate surface area is 208 Å². The van der Waals surface area contributed by atoms with Crippen molar-refractivity contribution in [3.8, 4) is 16.9 Å². The summed E-state index contributed by atoms with van der Waals surface area (Å²) in [6, 6.07) is 20.4.